The van der Waals surface area contributed by atoms with Gasteiger partial charge < -0.3 is 40.3 Å². The number of carbonyl (C=O) groups is 1. The van der Waals surface area contributed by atoms with E-state index >= 15 is 0 Å². The fourth-order valence-corrected chi connectivity index (χ4v) is 11.4. The second-order valence-corrected chi connectivity index (χ2v) is 25.0. The number of nitrogens with one attached hydrogen (secondary N) is 1. The third kappa shape index (κ3) is 53.0. The van der Waals surface area contributed by atoms with E-state index in [1.54, 1.807) is 0 Å². The van der Waals surface area contributed by atoms with E-state index in [0.717, 1.165) is 89.9 Å². The number of unbranched alkanes of at least 4 members (excludes halogenated alkanes) is 39. The fraction of sp³-hybridized carbons (Fsp3) is 0.803. The van der Waals surface area contributed by atoms with Gasteiger partial charge in [-0.15, -0.1) is 0 Å². The molecule has 0 bridgehead atoms. The first kappa shape index (κ1) is 80.4. The molecule has 0 aliphatic carbocycles. The van der Waals surface area contributed by atoms with Crippen molar-refractivity contribution < 1.29 is 39.8 Å². The zero-order valence-corrected chi connectivity index (χ0v) is 55.4. The van der Waals surface area contributed by atoms with Crippen molar-refractivity contribution in [1.82, 2.24) is 5.32 Å². The van der Waals surface area contributed by atoms with Crippen LogP contribution in [0.3, 0.4) is 0 Å². The number of aliphatic hydroxyl groups is 5. The molecule has 1 amide bonds. The van der Waals surface area contributed by atoms with Gasteiger partial charge in [-0.05, 0) is 70.6 Å². The number of rotatable bonds is 63. The highest BCUT2D eigenvalue weighted by molar-refractivity contribution is 5.76. The van der Waals surface area contributed by atoms with E-state index in [1.165, 1.54) is 218 Å². The maximum absolute atomic E-state index is 13.2. The zero-order valence-electron chi connectivity index (χ0n) is 55.4. The molecule has 1 fully saturated rings. The van der Waals surface area contributed by atoms with E-state index < -0.39 is 49.5 Å². The van der Waals surface area contributed by atoms with Crippen LogP contribution in [0.15, 0.2) is 85.1 Å². The lowest BCUT2D eigenvalue weighted by Gasteiger charge is -2.40. The van der Waals surface area contributed by atoms with Gasteiger partial charge in [0.1, 0.15) is 24.4 Å². The smallest absolute Gasteiger partial charge is 0.220 e. The summed E-state index contributed by atoms with van der Waals surface area (Å²) >= 11 is 0. The Balaban J connectivity index is 2.12. The summed E-state index contributed by atoms with van der Waals surface area (Å²) in [5.74, 6) is -0.146. The zero-order chi connectivity index (χ0) is 61.4. The van der Waals surface area contributed by atoms with Crippen LogP contribution in [0, 0.1) is 0 Å². The second kappa shape index (κ2) is 64.4. The molecule has 0 aromatic rings. The maximum atomic E-state index is 13.2. The molecule has 0 spiro atoms. The van der Waals surface area contributed by atoms with Gasteiger partial charge in [-0.2, -0.15) is 0 Å². The van der Waals surface area contributed by atoms with Crippen LogP contribution < -0.4 is 5.32 Å². The Morgan fingerprint density at radius 3 is 1.08 bits per heavy atom. The number of aliphatic hydroxyl groups excluding tert-OH is 5. The first-order valence-electron chi connectivity index (χ1n) is 36.3. The van der Waals surface area contributed by atoms with Crippen LogP contribution in [0.4, 0.5) is 0 Å². The monoisotopic (exact) mass is 1190 g/mol. The molecule has 1 heterocycles. The van der Waals surface area contributed by atoms with Gasteiger partial charge in [0.05, 0.1) is 25.4 Å². The Bertz CT molecular complexity index is 1620. The standard InChI is InChI=1S/C76H137NO8/c1-3-5-7-9-11-13-15-17-19-21-23-25-27-29-31-33-34-35-36-38-40-42-44-46-48-50-52-54-56-58-60-62-64-66-72(80)77-69(68-84-76-75(83)74(82)73(81)71(67-78)85-76)70(79)65-63-61-59-57-55-53-51-49-47-45-43-41-39-37-32-30-28-26-24-22-20-18-16-14-12-10-8-6-4-2/h5,7,11,13,17,19,23,25,29,31,34-35,38,40,69-71,73-76,78-79,81-83H,3-4,6,8-10,12,14-16,18,20-22,24,26-28,30,32-33,36-37,39,41-68H2,1-2H3,(H,77,80)/b7-5-,13-11-,19-17-,25-23-,31-29-,35-34-,40-38-. The predicted octanol–water partition coefficient (Wildman–Crippen LogP) is 20.1. The Morgan fingerprint density at radius 1 is 0.412 bits per heavy atom. The molecule has 9 heteroatoms. The van der Waals surface area contributed by atoms with Crippen molar-refractivity contribution in [3.05, 3.63) is 85.1 Å². The minimum Gasteiger partial charge on any atom is -0.394 e. The van der Waals surface area contributed by atoms with Gasteiger partial charge in [-0.3, -0.25) is 4.79 Å². The summed E-state index contributed by atoms with van der Waals surface area (Å²) in [5.41, 5.74) is 0. The van der Waals surface area contributed by atoms with Crippen LogP contribution in [-0.4, -0.2) is 87.5 Å². The molecule has 1 aliphatic heterocycles. The minimum atomic E-state index is -1.56. The van der Waals surface area contributed by atoms with Crippen molar-refractivity contribution in [1.29, 1.82) is 0 Å². The average molecular weight is 1190 g/mol. The van der Waals surface area contributed by atoms with Crippen LogP contribution in [-0.2, 0) is 14.3 Å². The summed E-state index contributed by atoms with van der Waals surface area (Å²) < 4.78 is 11.4. The van der Waals surface area contributed by atoms with Gasteiger partial charge in [0.15, 0.2) is 6.29 Å². The van der Waals surface area contributed by atoms with Gasteiger partial charge in [-0.1, -0.05) is 343 Å². The summed E-state index contributed by atoms with van der Waals surface area (Å²) in [6, 6.07) is -0.728. The molecular formula is C76H137NO8. The van der Waals surface area contributed by atoms with Gasteiger partial charge in [0.25, 0.3) is 0 Å². The Kier molecular flexibility index (Phi) is 60.9. The topological polar surface area (TPSA) is 149 Å². The molecule has 1 aliphatic rings. The number of hydrogen-bond donors (Lipinski definition) is 6. The van der Waals surface area contributed by atoms with E-state index in [0.29, 0.717) is 12.8 Å². The Morgan fingerprint density at radius 2 is 0.729 bits per heavy atom. The van der Waals surface area contributed by atoms with Crippen LogP contribution in [0.25, 0.3) is 0 Å². The van der Waals surface area contributed by atoms with E-state index in [-0.39, 0.29) is 12.5 Å². The van der Waals surface area contributed by atoms with E-state index in [2.05, 4.69) is 104 Å². The van der Waals surface area contributed by atoms with Gasteiger partial charge >= 0.3 is 0 Å². The second-order valence-electron chi connectivity index (χ2n) is 25.0. The van der Waals surface area contributed by atoms with Crippen LogP contribution >= 0.6 is 0 Å². The molecule has 1 rings (SSSR count). The molecule has 0 aromatic carbocycles. The lowest BCUT2D eigenvalue weighted by atomic mass is 9.99. The summed E-state index contributed by atoms with van der Waals surface area (Å²) in [7, 11) is 0. The largest absolute Gasteiger partial charge is 0.394 e. The quantitative estimate of drug-likeness (QED) is 0.0261. The number of hydrogen-bond acceptors (Lipinski definition) is 8. The van der Waals surface area contributed by atoms with E-state index in [9.17, 15) is 30.3 Å². The van der Waals surface area contributed by atoms with Crippen molar-refractivity contribution in [3.63, 3.8) is 0 Å². The first-order chi connectivity index (χ1) is 41.8. The lowest BCUT2D eigenvalue weighted by molar-refractivity contribution is -0.302. The molecule has 0 radical (unpaired) electrons. The molecule has 85 heavy (non-hydrogen) atoms. The molecular weight excluding hydrogens is 1050 g/mol. The summed E-state index contributed by atoms with van der Waals surface area (Å²) in [5, 5.41) is 55.0. The summed E-state index contributed by atoms with van der Waals surface area (Å²) in [6.45, 7) is 3.76. The molecule has 9 nitrogen and oxygen atoms in total. The fourth-order valence-electron chi connectivity index (χ4n) is 11.4. The Labute approximate surface area is 524 Å². The van der Waals surface area contributed by atoms with Crippen molar-refractivity contribution >= 4 is 5.91 Å². The normalized spacial score (nSPS) is 18.6. The highest BCUT2D eigenvalue weighted by Crippen LogP contribution is 2.24. The lowest BCUT2D eigenvalue weighted by Crippen LogP contribution is -2.60. The highest BCUT2D eigenvalue weighted by atomic mass is 16.7. The molecule has 0 aromatic heterocycles. The molecule has 1 saturated heterocycles. The molecule has 6 N–H and O–H groups in total. The molecule has 7 unspecified atom stereocenters. The van der Waals surface area contributed by atoms with Gasteiger partial charge in [0.2, 0.25) is 5.91 Å². The van der Waals surface area contributed by atoms with E-state index in [1.807, 2.05) is 0 Å². The number of allylic oxidation sites excluding steroid dienone is 14. The minimum absolute atomic E-state index is 0.141. The number of amides is 1. The van der Waals surface area contributed by atoms with Gasteiger partial charge in [0, 0.05) is 6.42 Å². The third-order valence-corrected chi connectivity index (χ3v) is 17.0. The van der Waals surface area contributed by atoms with Crippen molar-refractivity contribution in [2.24, 2.45) is 0 Å². The average Bonchev–Trinajstić information content (AvgIpc) is 3.68. The van der Waals surface area contributed by atoms with Crippen LogP contribution in [0.5, 0.6) is 0 Å². The third-order valence-electron chi connectivity index (χ3n) is 17.0. The Hall–Kier alpha value is -2.63. The van der Waals surface area contributed by atoms with Crippen LogP contribution in [0.1, 0.15) is 335 Å². The predicted molar refractivity (Wildman–Crippen MR) is 364 cm³/mol. The maximum Gasteiger partial charge on any atom is 0.220 e. The summed E-state index contributed by atoms with van der Waals surface area (Å²) in [6.07, 6.45) is 85.1. The molecule has 494 valence electrons. The number of ether oxygens (including phenoxy) is 2. The van der Waals surface area contributed by atoms with Gasteiger partial charge in [-0.25, -0.2) is 0 Å². The first-order valence-corrected chi connectivity index (χ1v) is 36.3. The van der Waals surface area contributed by atoms with E-state index in [4.69, 9.17) is 9.47 Å². The molecule has 0 saturated carbocycles. The molecule has 7 atom stereocenters. The summed E-state index contributed by atoms with van der Waals surface area (Å²) in [4.78, 5) is 13.2. The van der Waals surface area contributed by atoms with Crippen LogP contribution in [0.2, 0.25) is 0 Å². The van der Waals surface area contributed by atoms with Crippen molar-refractivity contribution in [2.45, 2.75) is 378 Å². The van der Waals surface area contributed by atoms with Crippen molar-refractivity contribution in [2.75, 3.05) is 13.2 Å². The van der Waals surface area contributed by atoms with Crippen molar-refractivity contribution in [3.8, 4) is 0 Å². The number of carbonyl (C=O) groups excluding carboxylic acids is 1. The highest BCUT2D eigenvalue weighted by Gasteiger charge is 2.44. The SMILES string of the molecule is CC/C=C\C/C=C\C/C=C\C/C=C\C/C=C\C/C=C\C/C=C\CCCCCCCCCCCCCC(=O)NC(COC1OC(CO)C(O)C(O)C1O)C(O)CCCCCCCCCCCCCCCCCCCCCCCCCCCCCCC.